The molecule has 172 valence electrons. The molecule has 0 N–H and O–H groups in total. The van der Waals surface area contributed by atoms with Crippen molar-refractivity contribution in [2.45, 2.75) is 19.8 Å². The number of hydrogen-bond donors (Lipinski definition) is 0. The summed E-state index contributed by atoms with van der Waals surface area (Å²) >= 11 is 12.1. The van der Waals surface area contributed by atoms with Gasteiger partial charge in [-0.1, -0.05) is 58.7 Å². The van der Waals surface area contributed by atoms with Crippen LogP contribution in [0, 0.1) is 12.8 Å². The molecule has 1 saturated heterocycles. The van der Waals surface area contributed by atoms with Gasteiger partial charge in [0.2, 0.25) is 0 Å². The minimum absolute atomic E-state index is 0.0261. The molecule has 0 aliphatic carbocycles. The zero-order chi connectivity index (χ0) is 23.8. The van der Waals surface area contributed by atoms with Gasteiger partial charge in [0.1, 0.15) is 0 Å². The van der Waals surface area contributed by atoms with E-state index in [2.05, 4.69) is 10.1 Å². The van der Waals surface area contributed by atoms with Gasteiger partial charge in [-0.2, -0.15) is 0 Å². The molecule has 1 amide bonds. The third-order valence-corrected chi connectivity index (χ3v) is 7.01. The van der Waals surface area contributed by atoms with Gasteiger partial charge in [-0.3, -0.25) is 9.59 Å². The Hall–Kier alpha value is -3.22. The summed E-state index contributed by atoms with van der Waals surface area (Å²) in [5, 5.41) is 5.43. The van der Waals surface area contributed by atoms with Crippen LogP contribution in [0.5, 0.6) is 0 Å². The summed E-state index contributed by atoms with van der Waals surface area (Å²) in [6.45, 7) is 2.76. The highest BCUT2D eigenvalue weighted by atomic mass is 35.5. The van der Waals surface area contributed by atoms with Gasteiger partial charge in [-0.15, -0.1) is 0 Å². The molecule has 2 aromatic heterocycles. The maximum atomic E-state index is 13.6. The first-order valence-electron chi connectivity index (χ1n) is 11.0. The Balaban J connectivity index is 1.38. The minimum Gasteiger partial charge on any atom is -0.339 e. The standard InChI is InChI=1S/C26H21Cl2N3O3/c1-15-23-19(14-22(29-25(23)34-30-15)16-5-3-2-4-6-16)26(33)31-11-9-17(10-12-31)24(32)18-7-8-20(27)21(28)13-18/h2-8,13-14,17H,9-12H2,1H3. The van der Waals surface area contributed by atoms with E-state index < -0.39 is 0 Å². The average molecular weight is 494 g/mol. The molecule has 0 saturated carbocycles. The summed E-state index contributed by atoms with van der Waals surface area (Å²) in [6, 6.07) is 16.4. The van der Waals surface area contributed by atoms with Crippen LogP contribution in [-0.4, -0.2) is 39.8 Å². The molecule has 6 nitrogen and oxygen atoms in total. The van der Waals surface area contributed by atoms with E-state index in [1.54, 1.807) is 36.1 Å². The van der Waals surface area contributed by atoms with Crippen molar-refractivity contribution >= 4 is 46.0 Å². The Morgan fingerprint density at radius 1 is 1.00 bits per heavy atom. The van der Waals surface area contributed by atoms with Gasteiger partial charge in [-0.05, 0) is 44.0 Å². The Morgan fingerprint density at radius 3 is 2.44 bits per heavy atom. The van der Waals surface area contributed by atoms with Crippen LogP contribution in [0.4, 0.5) is 0 Å². The second-order valence-corrected chi connectivity index (χ2v) is 9.24. The second kappa shape index (κ2) is 9.20. The number of ketones is 1. The number of likely N-dealkylation sites (tertiary alicyclic amines) is 1. The first kappa shape index (κ1) is 22.6. The highest BCUT2D eigenvalue weighted by Crippen LogP contribution is 2.31. The van der Waals surface area contributed by atoms with E-state index in [1.165, 1.54) is 0 Å². The molecule has 5 rings (SSSR count). The molecular weight excluding hydrogens is 473 g/mol. The van der Waals surface area contributed by atoms with Crippen molar-refractivity contribution in [2.75, 3.05) is 13.1 Å². The van der Waals surface area contributed by atoms with Gasteiger partial charge >= 0.3 is 0 Å². The van der Waals surface area contributed by atoms with E-state index in [9.17, 15) is 9.59 Å². The number of amides is 1. The monoisotopic (exact) mass is 493 g/mol. The van der Waals surface area contributed by atoms with Crippen molar-refractivity contribution in [1.29, 1.82) is 0 Å². The molecule has 34 heavy (non-hydrogen) atoms. The maximum Gasteiger partial charge on any atom is 0.259 e. The van der Waals surface area contributed by atoms with Crippen LogP contribution >= 0.6 is 23.2 Å². The van der Waals surface area contributed by atoms with Gasteiger partial charge < -0.3 is 9.42 Å². The van der Waals surface area contributed by atoms with Crippen molar-refractivity contribution in [1.82, 2.24) is 15.0 Å². The number of halogens is 2. The lowest BCUT2D eigenvalue weighted by molar-refractivity contribution is 0.0652. The first-order valence-corrected chi connectivity index (χ1v) is 11.8. The number of aryl methyl sites for hydroxylation is 1. The summed E-state index contributed by atoms with van der Waals surface area (Å²) in [5.41, 5.74) is 3.55. The number of carbonyl (C=O) groups is 2. The van der Waals surface area contributed by atoms with Crippen LogP contribution in [0.1, 0.15) is 39.3 Å². The van der Waals surface area contributed by atoms with Crippen molar-refractivity contribution in [3.63, 3.8) is 0 Å². The number of aromatic nitrogens is 2. The number of benzene rings is 2. The van der Waals surface area contributed by atoms with E-state index in [-0.39, 0.29) is 17.6 Å². The predicted octanol–water partition coefficient (Wildman–Crippen LogP) is 6.24. The Labute approximate surface area is 206 Å². The van der Waals surface area contributed by atoms with E-state index >= 15 is 0 Å². The summed E-state index contributed by atoms with van der Waals surface area (Å²) in [6.07, 6.45) is 1.15. The van der Waals surface area contributed by atoms with E-state index in [0.29, 0.717) is 69.6 Å². The molecule has 0 unspecified atom stereocenters. The summed E-state index contributed by atoms with van der Waals surface area (Å²) in [5.74, 6) is -0.259. The number of hydrogen-bond acceptors (Lipinski definition) is 5. The lowest BCUT2D eigenvalue weighted by Crippen LogP contribution is -2.40. The predicted molar refractivity (Wildman–Crippen MR) is 131 cm³/mol. The highest BCUT2D eigenvalue weighted by Gasteiger charge is 2.30. The first-order chi connectivity index (χ1) is 16.4. The van der Waals surface area contributed by atoms with Crippen LogP contribution in [0.25, 0.3) is 22.4 Å². The van der Waals surface area contributed by atoms with Crippen LogP contribution < -0.4 is 0 Å². The molecule has 3 heterocycles. The van der Waals surface area contributed by atoms with Crippen molar-refractivity contribution in [3.8, 4) is 11.3 Å². The molecule has 1 aliphatic rings. The Morgan fingerprint density at radius 2 is 1.74 bits per heavy atom. The number of pyridine rings is 1. The number of fused-ring (bicyclic) bond motifs is 1. The van der Waals surface area contributed by atoms with Crippen molar-refractivity contribution < 1.29 is 14.1 Å². The average Bonchev–Trinajstić information content (AvgIpc) is 3.25. The van der Waals surface area contributed by atoms with Crippen LogP contribution in [-0.2, 0) is 0 Å². The number of carbonyl (C=O) groups excluding carboxylic acids is 2. The normalized spacial score (nSPS) is 14.5. The van der Waals surface area contributed by atoms with E-state index in [1.807, 2.05) is 30.3 Å². The lowest BCUT2D eigenvalue weighted by Gasteiger charge is -2.31. The molecule has 1 fully saturated rings. The van der Waals surface area contributed by atoms with E-state index in [4.69, 9.17) is 27.7 Å². The quantitative estimate of drug-likeness (QED) is 0.314. The summed E-state index contributed by atoms with van der Waals surface area (Å²) in [4.78, 5) is 32.9. The molecule has 0 bridgehead atoms. The zero-order valence-electron chi connectivity index (χ0n) is 18.4. The topological polar surface area (TPSA) is 76.3 Å². The molecule has 2 aromatic carbocycles. The van der Waals surface area contributed by atoms with Gasteiger partial charge in [0.05, 0.1) is 32.4 Å². The second-order valence-electron chi connectivity index (χ2n) is 8.43. The van der Waals surface area contributed by atoms with Crippen molar-refractivity contribution in [2.24, 2.45) is 5.92 Å². The maximum absolute atomic E-state index is 13.6. The Kier molecular flexibility index (Phi) is 6.11. The fourth-order valence-electron chi connectivity index (χ4n) is 4.42. The van der Waals surface area contributed by atoms with Crippen molar-refractivity contribution in [3.05, 3.63) is 81.5 Å². The van der Waals surface area contributed by atoms with Gasteiger partial charge in [0, 0.05) is 30.1 Å². The molecule has 4 aromatic rings. The van der Waals surface area contributed by atoms with Crippen LogP contribution in [0.15, 0.2) is 59.1 Å². The van der Waals surface area contributed by atoms with E-state index in [0.717, 1.165) is 5.56 Å². The highest BCUT2D eigenvalue weighted by molar-refractivity contribution is 6.42. The largest absolute Gasteiger partial charge is 0.339 e. The molecular formula is C26H21Cl2N3O3. The fourth-order valence-corrected chi connectivity index (χ4v) is 4.72. The van der Waals surface area contributed by atoms with Crippen LogP contribution in [0.3, 0.4) is 0 Å². The Bertz CT molecular complexity index is 1390. The minimum atomic E-state index is -0.170. The smallest absolute Gasteiger partial charge is 0.259 e. The summed E-state index contributed by atoms with van der Waals surface area (Å²) < 4.78 is 5.41. The number of Topliss-reactive ketones (excluding diaryl/α,β-unsaturated/α-hetero) is 1. The van der Waals surface area contributed by atoms with Gasteiger partial charge in [0.15, 0.2) is 5.78 Å². The van der Waals surface area contributed by atoms with Crippen LogP contribution in [0.2, 0.25) is 10.0 Å². The SMILES string of the molecule is Cc1noc2nc(-c3ccccc3)cc(C(=O)N3CCC(C(=O)c4ccc(Cl)c(Cl)c4)CC3)c12. The number of rotatable bonds is 4. The number of piperidine rings is 1. The van der Waals surface area contributed by atoms with Gasteiger partial charge in [0.25, 0.3) is 11.6 Å². The third-order valence-electron chi connectivity index (χ3n) is 6.27. The third kappa shape index (κ3) is 4.19. The molecule has 1 aliphatic heterocycles. The fraction of sp³-hybridized carbons (Fsp3) is 0.231. The zero-order valence-corrected chi connectivity index (χ0v) is 19.9. The molecule has 0 spiro atoms. The molecule has 8 heteroatoms. The molecule has 0 radical (unpaired) electrons. The summed E-state index contributed by atoms with van der Waals surface area (Å²) in [7, 11) is 0. The molecule has 0 atom stereocenters. The van der Waals surface area contributed by atoms with Gasteiger partial charge in [-0.25, -0.2) is 4.98 Å². The number of nitrogens with zero attached hydrogens (tertiary/aromatic N) is 3. The lowest BCUT2D eigenvalue weighted by atomic mass is 9.88.